The Morgan fingerprint density at radius 3 is 2.15 bits per heavy atom. The predicted molar refractivity (Wildman–Crippen MR) is 63.3 cm³/mol. The van der Waals surface area contributed by atoms with Crippen LogP contribution >= 0.6 is 0 Å². The maximum Gasteiger partial charge on any atom is 0.0296 e. The highest BCUT2D eigenvalue weighted by Crippen LogP contribution is 2.08. The van der Waals surface area contributed by atoms with E-state index in [0.717, 1.165) is 6.42 Å². The smallest absolute Gasteiger partial charge is 0.0296 e. The van der Waals surface area contributed by atoms with Crippen molar-refractivity contribution in [3.05, 3.63) is 23.4 Å². The summed E-state index contributed by atoms with van der Waals surface area (Å²) in [6.45, 7) is 12.2. The zero-order valence-corrected chi connectivity index (χ0v) is 9.89. The second-order valence-corrected chi connectivity index (χ2v) is 2.33. The standard InChI is InChI=1S/C8H11N.2C2H6/c1-7-4-3-5-9-6-8(7)2;2*1-2/h3,5-6H,4H2,1-2H3;2*1-2H3. The average Bonchev–Trinajstić information content (AvgIpc) is 2.39. The van der Waals surface area contributed by atoms with E-state index in [4.69, 9.17) is 0 Å². The number of aliphatic imine (C=N–C) groups is 1. The lowest BCUT2D eigenvalue weighted by Gasteiger charge is -1.94. The molecule has 0 bridgehead atoms. The van der Waals surface area contributed by atoms with Crippen LogP contribution in [0.25, 0.3) is 0 Å². The van der Waals surface area contributed by atoms with E-state index in [1.807, 2.05) is 40.1 Å². The van der Waals surface area contributed by atoms with Gasteiger partial charge in [0, 0.05) is 12.4 Å². The topological polar surface area (TPSA) is 12.4 Å². The maximum atomic E-state index is 4.04. The van der Waals surface area contributed by atoms with Crippen molar-refractivity contribution in [2.45, 2.75) is 48.0 Å². The molecule has 0 amide bonds. The Kier molecular flexibility index (Phi) is 12.6. The fraction of sp³-hybridized carbons (Fsp3) is 0.583. The molecule has 0 atom stereocenters. The molecule has 1 nitrogen and oxygen atoms in total. The summed E-state index contributed by atoms with van der Waals surface area (Å²) in [6.07, 6.45) is 6.87. The van der Waals surface area contributed by atoms with E-state index in [1.54, 1.807) is 0 Å². The van der Waals surface area contributed by atoms with Crippen molar-refractivity contribution in [3.63, 3.8) is 0 Å². The van der Waals surface area contributed by atoms with E-state index < -0.39 is 0 Å². The van der Waals surface area contributed by atoms with Crippen LogP contribution in [0.3, 0.4) is 0 Å². The maximum absolute atomic E-state index is 4.04. The van der Waals surface area contributed by atoms with Crippen molar-refractivity contribution in [3.8, 4) is 0 Å². The van der Waals surface area contributed by atoms with Crippen LogP contribution in [-0.4, -0.2) is 6.21 Å². The molecule has 0 aromatic heterocycles. The van der Waals surface area contributed by atoms with Gasteiger partial charge in [0.15, 0.2) is 0 Å². The van der Waals surface area contributed by atoms with Crippen molar-refractivity contribution in [1.82, 2.24) is 0 Å². The van der Waals surface area contributed by atoms with E-state index in [-0.39, 0.29) is 0 Å². The summed E-state index contributed by atoms with van der Waals surface area (Å²) in [5.41, 5.74) is 2.70. The molecule has 0 unspecified atom stereocenters. The summed E-state index contributed by atoms with van der Waals surface area (Å²) >= 11 is 0. The third kappa shape index (κ3) is 7.51. The molecule has 0 radical (unpaired) electrons. The van der Waals surface area contributed by atoms with Gasteiger partial charge in [0.2, 0.25) is 0 Å². The van der Waals surface area contributed by atoms with Gasteiger partial charge in [0.25, 0.3) is 0 Å². The SMILES string of the molecule is CC.CC.CC1=C(C)CC=CN=C1. The van der Waals surface area contributed by atoms with Crippen molar-refractivity contribution in [1.29, 1.82) is 0 Å². The van der Waals surface area contributed by atoms with Gasteiger partial charge in [-0.15, -0.1) is 0 Å². The van der Waals surface area contributed by atoms with Gasteiger partial charge >= 0.3 is 0 Å². The monoisotopic (exact) mass is 181 g/mol. The Bertz CT molecular complexity index is 185. The summed E-state index contributed by atoms with van der Waals surface area (Å²) in [5.74, 6) is 0. The lowest BCUT2D eigenvalue weighted by Crippen LogP contribution is -1.81. The molecule has 0 aliphatic carbocycles. The molecule has 0 fully saturated rings. The molecule has 76 valence electrons. The molecule has 1 heteroatoms. The second-order valence-electron chi connectivity index (χ2n) is 2.33. The summed E-state index contributed by atoms with van der Waals surface area (Å²) in [5, 5.41) is 0. The summed E-state index contributed by atoms with van der Waals surface area (Å²) in [6, 6.07) is 0. The molecular weight excluding hydrogens is 158 g/mol. The molecule has 1 rings (SSSR count). The van der Waals surface area contributed by atoms with Crippen molar-refractivity contribution >= 4 is 6.21 Å². The van der Waals surface area contributed by atoms with Crippen LogP contribution in [-0.2, 0) is 0 Å². The Morgan fingerprint density at radius 1 is 1.08 bits per heavy atom. The van der Waals surface area contributed by atoms with E-state index in [1.165, 1.54) is 11.1 Å². The Morgan fingerprint density at radius 2 is 1.62 bits per heavy atom. The third-order valence-electron chi connectivity index (χ3n) is 1.56. The first-order chi connectivity index (χ1) is 6.30. The van der Waals surface area contributed by atoms with Gasteiger partial charge in [-0.25, -0.2) is 0 Å². The Balaban J connectivity index is 0. The quantitative estimate of drug-likeness (QED) is 0.526. The number of hydrogen-bond donors (Lipinski definition) is 0. The lowest BCUT2D eigenvalue weighted by molar-refractivity contribution is 1.18. The van der Waals surface area contributed by atoms with Gasteiger partial charge in [-0.05, 0) is 25.8 Å². The van der Waals surface area contributed by atoms with Gasteiger partial charge in [-0.2, -0.15) is 0 Å². The zero-order valence-electron chi connectivity index (χ0n) is 9.89. The van der Waals surface area contributed by atoms with E-state index in [9.17, 15) is 0 Å². The van der Waals surface area contributed by atoms with Crippen molar-refractivity contribution in [2.24, 2.45) is 4.99 Å². The Labute approximate surface area is 83.3 Å². The fourth-order valence-corrected chi connectivity index (χ4v) is 0.716. The molecule has 0 saturated carbocycles. The van der Waals surface area contributed by atoms with Crippen molar-refractivity contribution in [2.75, 3.05) is 0 Å². The molecular formula is C12H23N. The molecule has 1 heterocycles. The molecule has 0 aromatic carbocycles. The fourth-order valence-electron chi connectivity index (χ4n) is 0.716. The minimum absolute atomic E-state index is 1.05. The largest absolute Gasteiger partial charge is 0.265 e. The molecule has 0 N–H and O–H groups in total. The molecule has 1 aliphatic heterocycles. The summed E-state index contributed by atoms with van der Waals surface area (Å²) in [4.78, 5) is 4.04. The van der Waals surface area contributed by atoms with Crippen LogP contribution in [0.15, 0.2) is 28.4 Å². The molecule has 13 heavy (non-hydrogen) atoms. The van der Waals surface area contributed by atoms with E-state index in [0.29, 0.717) is 0 Å². The van der Waals surface area contributed by atoms with Gasteiger partial charge in [0.05, 0.1) is 0 Å². The second kappa shape index (κ2) is 11.2. The molecule has 0 aromatic rings. The molecule has 0 spiro atoms. The molecule has 1 aliphatic rings. The molecule has 0 saturated heterocycles. The minimum atomic E-state index is 1.05. The summed E-state index contributed by atoms with van der Waals surface area (Å²) < 4.78 is 0. The predicted octanol–water partition coefficient (Wildman–Crippen LogP) is 4.36. The van der Waals surface area contributed by atoms with Crippen LogP contribution in [0, 0.1) is 0 Å². The first-order valence-electron chi connectivity index (χ1n) is 5.15. The highest BCUT2D eigenvalue weighted by Gasteiger charge is 1.92. The minimum Gasteiger partial charge on any atom is -0.265 e. The van der Waals surface area contributed by atoms with E-state index >= 15 is 0 Å². The average molecular weight is 181 g/mol. The normalized spacial score (nSPS) is 13.7. The van der Waals surface area contributed by atoms with Crippen LogP contribution in [0.2, 0.25) is 0 Å². The van der Waals surface area contributed by atoms with Gasteiger partial charge < -0.3 is 0 Å². The highest BCUT2D eigenvalue weighted by molar-refractivity contribution is 5.79. The van der Waals surface area contributed by atoms with E-state index in [2.05, 4.69) is 24.9 Å². The van der Waals surface area contributed by atoms with Crippen molar-refractivity contribution < 1.29 is 0 Å². The number of nitrogens with zero attached hydrogens (tertiary/aromatic N) is 1. The van der Waals surface area contributed by atoms with Crippen LogP contribution in [0.4, 0.5) is 0 Å². The summed E-state index contributed by atoms with van der Waals surface area (Å²) in [7, 11) is 0. The van der Waals surface area contributed by atoms with Crippen LogP contribution in [0.5, 0.6) is 0 Å². The van der Waals surface area contributed by atoms with Crippen LogP contribution in [0.1, 0.15) is 48.0 Å². The van der Waals surface area contributed by atoms with Gasteiger partial charge in [-0.3, -0.25) is 4.99 Å². The number of rotatable bonds is 0. The van der Waals surface area contributed by atoms with Gasteiger partial charge in [0.1, 0.15) is 0 Å². The lowest BCUT2D eigenvalue weighted by atomic mass is 10.1. The first-order valence-corrected chi connectivity index (χ1v) is 5.15. The number of hydrogen-bond acceptors (Lipinski definition) is 1. The zero-order chi connectivity index (χ0) is 10.7. The highest BCUT2D eigenvalue weighted by atomic mass is 14.7. The third-order valence-corrected chi connectivity index (χ3v) is 1.56. The van der Waals surface area contributed by atoms with Crippen LogP contribution < -0.4 is 0 Å². The number of allylic oxidation sites excluding steroid dienone is 3. The Hall–Kier alpha value is -0.850. The first kappa shape index (κ1) is 14.7. The van der Waals surface area contributed by atoms with Gasteiger partial charge in [-0.1, -0.05) is 39.3 Å².